The molecule has 0 spiro atoms. The fourth-order valence-electron chi connectivity index (χ4n) is 2.70. The highest BCUT2D eigenvalue weighted by molar-refractivity contribution is 5.95. The number of carbonyl (C=O) groups excluding carboxylic acids is 1. The van der Waals surface area contributed by atoms with Gasteiger partial charge in [-0.2, -0.15) is 0 Å². The summed E-state index contributed by atoms with van der Waals surface area (Å²) < 4.78 is 0. The molecule has 0 fully saturated rings. The molecule has 1 N–H and O–H groups in total. The van der Waals surface area contributed by atoms with Gasteiger partial charge in [0.1, 0.15) is 0 Å². The van der Waals surface area contributed by atoms with Crippen LogP contribution in [0, 0.1) is 13.8 Å². The molecule has 2 nitrogen and oxygen atoms in total. The lowest BCUT2D eigenvalue weighted by Gasteiger charge is -2.21. The molecule has 0 saturated carbocycles. The quantitative estimate of drug-likeness (QED) is 0.840. The molecule has 0 radical (unpaired) electrons. The van der Waals surface area contributed by atoms with Gasteiger partial charge in [-0.25, -0.2) is 0 Å². The van der Waals surface area contributed by atoms with E-state index >= 15 is 0 Å². The Kier molecular flexibility index (Phi) is 4.93. The highest BCUT2D eigenvalue weighted by Crippen LogP contribution is 2.24. The maximum atomic E-state index is 12.5. The summed E-state index contributed by atoms with van der Waals surface area (Å²) in [4.78, 5) is 12.5. The lowest BCUT2D eigenvalue weighted by molar-refractivity contribution is 0.0939. The average molecular weight is 309 g/mol. The number of benzene rings is 2. The van der Waals surface area contributed by atoms with Crippen molar-refractivity contribution < 1.29 is 4.79 Å². The second-order valence-electron chi connectivity index (χ2n) is 7.39. The van der Waals surface area contributed by atoms with Crippen LogP contribution in [0.2, 0.25) is 0 Å². The van der Waals surface area contributed by atoms with E-state index in [9.17, 15) is 4.79 Å². The highest BCUT2D eigenvalue weighted by Gasteiger charge is 2.16. The molecule has 0 heterocycles. The predicted molar refractivity (Wildman–Crippen MR) is 96.9 cm³/mol. The van der Waals surface area contributed by atoms with E-state index in [-0.39, 0.29) is 17.4 Å². The van der Waals surface area contributed by atoms with Crippen LogP contribution in [0.1, 0.15) is 66.3 Å². The van der Waals surface area contributed by atoms with Crippen LogP contribution in [0.25, 0.3) is 0 Å². The minimum Gasteiger partial charge on any atom is -0.346 e. The van der Waals surface area contributed by atoms with Crippen LogP contribution in [-0.2, 0) is 5.41 Å². The first kappa shape index (κ1) is 17.3. The molecular weight excluding hydrogens is 282 g/mol. The zero-order chi connectivity index (χ0) is 17.2. The number of amides is 1. The number of aryl methyl sites for hydroxylation is 2. The molecule has 1 amide bonds. The molecule has 0 aliphatic rings. The lowest BCUT2D eigenvalue weighted by atomic mass is 9.86. The zero-order valence-corrected chi connectivity index (χ0v) is 15.0. The maximum Gasteiger partial charge on any atom is 0.252 e. The summed E-state index contributed by atoms with van der Waals surface area (Å²) >= 11 is 0. The Bertz CT molecular complexity index is 693. The number of hydrogen-bond donors (Lipinski definition) is 1. The van der Waals surface area contributed by atoms with Crippen LogP contribution in [0.3, 0.4) is 0 Å². The van der Waals surface area contributed by atoms with Crippen LogP contribution in [0.4, 0.5) is 0 Å². The summed E-state index contributed by atoms with van der Waals surface area (Å²) in [5.74, 6) is -0.0186. The number of hydrogen-bond acceptors (Lipinski definition) is 1. The Labute approximate surface area is 139 Å². The Morgan fingerprint density at radius 3 is 2.13 bits per heavy atom. The molecule has 1 unspecified atom stereocenters. The fraction of sp³-hybridized carbons (Fsp3) is 0.381. The topological polar surface area (TPSA) is 29.1 Å². The van der Waals surface area contributed by atoms with Crippen molar-refractivity contribution in [1.82, 2.24) is 5.32 Å². The van der Waals surface area contributed by atoms with Gasteiger partial charge in [0.15, 0.2) is 0 Å². The van der Waals surface area contributed by atoms with Gasteiger partial charge in [0.25, 0.3) is 5.91 Å². The monoisotopic (exact) mass is 309 g/mol. The second kappa shape index (κ2) is 6.57. The molecule has 0 aliphatic heterocycles. The fourth-order valence-corrected chi connectivity index (χ4v) is 2.70. The third-order valence-electron chi connectivity index (χ3n) is 4.25. The van der Waals surface area contributed by atoms with Crippen molar-refractivity contribution in [3.63, 3.8) is 0 Å². The number of carbonyl (C=O) groups is 1. The van der Waals surface area contributed by atoms with Gasteiger partial charge < -0.3 is 5.32 Å². The first-order valence-electron chi connectivity index (χ1n) is 8.17. The van der Waals surface area contributed by atoms with Crippen LogP contribution < -0.4 is 5.32 Å². The smallest absolute Gasteiger partial charge is 0.252 e. The van der Waals surface area contributed by atoms with Gasteiger partial charge >= 0.3 is 0 Å². The largest absolute Gasteiger partial charge is 0.346 e. The molecule has 1 atom stereocenters. The van der Waals surface area contributed by atoms with E-state index in [0.29, 0.717) is 0 Å². The molecule has 2 heteroatoms. The van der Waals surface area contributed by atoms with Crippen LogP contribution >= 0.6 is 0 Å². The van der Waals surface area contributed by atoms with Gasteiger partial charge in [-0.15, -0.1) is 0 Å². The Balaban J connectivity index is 2.12. The van der Waals surface area contributed by atoms with Crippen molar-refractivity contribution in [2.75, 3.05) is 0 Å². The molecule has 0 aromatic heterocycles. The number of nitrogens with one attached hydrogen (secondary N) is 1. The van der Waals surface area contributed by atoms with E-state index in [1.54, 1.807) is 0 Å². The van der Waals surface area contributed by atoms with Gasteiger partial charge in [0.05, 0.1) is 6.04 Å². The van der Waals surface area contributed by atoms with Crippen molar-refractivity contribution >= 4 is 5.91 Å². The molecule has 122 valence electrons. The van der Waals surface area contributed by atoms with E-state index in [1.165, 1.54) is 11.1 Å². The summed E-state index contributed by atoms with van der Waals surface area (Å²) in [6, 6.07) is 14.4. The first-order chi connectivity index (χ1) is 10.7. The van der Waals surface area contributed by atoms with Gasteiger partial charge in [-0.3, -0.25) is 4.79 Å². The minimum atomic E-state index is -0.0186. The van der Waals surface area contributed by atoms with Crippen molar-refractivity contribution in [1.29, 1.82) is 0 Å². The van der Waals surface area contributed by atoms with Crippen molar-refractivity contribution in [2.45, 2.75) is 53.0 Å². The minimum absolute atomic E-state index is 0.0165. The summed E-state index contributed by atoms with van der Waals surface area (Å²) in [5, 5.41) is 3.09. The molecule has 23 heavy (non-hydrogen) atoms. The van der Waals surface area contributed by atoms with Crippen LogP contribution in [0.15, 0.2) is 42.5 Å². The molecule has 0 saturated heterocycles. The Morgan fingerprint density at radius 2 is 1.61 bits per heavy atom. The summed E-state index contributed by atoms with van der Waals surface area (Å²) in [5.41, 5.74) is 5.49. The van der Waals surface area contributed by atoms with Crippen molar-refractivity contribution in [3.05, 3.63) is 70.3 Å². The van der Waals surface area contributed by atoms with Gasteiger partial charge in [-0.05, 0) is 48.9 Å². The third-order valence-corrected chi connectivity index (χ3v) is 4.25. The zero-order valence-electron chi connectivity index (χ0n) is 15.0. The number of rotatable bonds is 3. The van der Waals surface area contributed by atoms with Crippen molar-refractivity contribution in [3.8, 4) is 0 Å². The highest BCUT2D eigenvalue weighted by atomic mass is 16.1. The molecule has 0 aliphatic carbocycles. The summed E-state index contributed by atoms with van der Waals surface area (Å²) in [7, 11) is 0. The van der Waals surface area contributed by atoms with Crippen LogP contribution in [0.5, 0.6) is 0 Å². The van der Waals surface area contributed by atoms with E-state index in [2.05, 4.69) is 50.4 Å². The van der Waals surface area contributed by atoms with Gasteiger partial charge in [-0.1, -0.05) is 62.7 Å². The summed E-state index contributed by atoms with van der Waals surface area (Å²) in [6.07, 6.45) is 0. The molecule has 2 aromatic rings. The van der Waals surface area contributed by atoms with E-state index < -0.39 is 0 Å². The second-order valence-corrected chi connectivity index (χ2v) is 7.39. The van der Waals surface area contributed by atoms with Crippen molar-refractivity contribution in [2.24, 2.45) is 0 Å². The normalized spacial score (nSPS) is 12.8. The lowest BCUT2D eigenvalue weighted by Crippen LogP contribution is -2.27. The molecule has 2 rings (SSSR count). The maximum absolute atomic E-state index is 12.5. The summed E-state index contributed by atoms with van der Waals surface area (Å²) in [6.45, 7) is 12.6. The van der Waals surface area contributed by atoms with E-state index in [4.69, 9.17) is 0 Å². The Hall–Kier alpha value is -2.09. The molecule has 0 bridgehead atoms. The van der Waals surface area contributed by atoms with Gasteiger partial charge in [0.2, 0.25) is 0 Å². The molecule has 2 aromatic carbocycles. The van der Waals surface area contributed by atoms with E-state index in [0.717, 1.165) is 16.7 Å². The predicted octanol–water partition coefficient (Wildman–Crippen LogP) is 5.09. The first-order valence-corrected chi connectivity index (χ1v) is 8.17. The SMILES string of the molecule is Cc1ccc(C(=O)NC(C)c2ccc(C(C)(C)C)cc2)c(C)c1. The molecular formula is C21H27NO. The Morgan fingerprint density at radius 1 is 1.00 bits per heavy atom. The van der Waals surface area contributed by atoms with Gasteiger partial charge in [0, 0.05) is 5.56 Å². The van der Waals surface area contributed by atoms with E-state index in [1.807, 2.05) is 39.0 Å². The van der Waals surface area contributed by atoms with Crippen LogP contribution in [-0.4, -0.2) is 5.91 Å². The standard InChI is InChI=1S/C21H27NO/c1-14-7-12-19(15(2)13-14)20(23)22-16(3)17-8-10-18(11-9-17)21(4,5)6/h7-13,16H,1-6H3,(H,22,23). The third kappa shape index (κ3) is 4.22. The average Bonchev–Trinajstić information content (AvgIpc) is 2.46.